The molecule has 1 fully saturated rings. The van der Waals surface area contributed by atoms with Gasteiger partial charge in [-0.25, -0.2) is 12.7 Å². The highest BCUT2D eigenvalue weighted by atomic mass is 32.2. The summed E-state index contributed by atoms with van der Waals surface area (Å²) in [7, 11) is -1.70. The largest absolute Gasteiger partial charge is 0.497 e. The van der Waals surface area contributed by atoms with Crippen LogP contribution in [0, 0.1) is 0 Å². The van der Waals surface area contributed by atoms with Crippen molar-refractivity contribution in [3.63, 3.8) is 0 Å². The predicted molar refractivity (Wildman–Crippen MR) is 113 cm³/mol. The van der Waals surface area contributed by atoms with E-state index < -0.39 is 10.0 Å². The lowest BCUT2D eigenvalue weighted by Crippen LogP contribution is -2.36. The van der Waals surface area contributed by atoms with Crippen molar-refractivity contribution in [1.29, 1.82) is 0 Å². The van der Waals surface area contributed by atoms with Crippen molar-refractivity contribution in [2.75, 3.05) is 20.2 Å². The lowest BCUT2D eigenvalue weighted by molar-refractivity contribution is 0.0940. The summed E-state index contributed by atoms with van der Waals surface area (Å²) in [5, 5.41) is 2.96. The van der Waals surface area contributed by atoms with Crippen LogP contribution < -0.4 is 10.1 Å². The molecule has 1 aliphatic rings. The number of ether oxygens (including phenoxy) is 1. The third kappa shape index (κ3) is 5.58. The van der Waals surface area contributed by atoms with Gasteiger partial charge in [0.25, 0.3) is 5.91 Å². The van der Waals surface area contributed by atoms with E-state index in [1.54, 1.807) is 35.7 Å². The van der Waals surface area contributed by atoms with Crippen LogP contribution in [0.4, 0.5) is 0 Å². The number of nitrogens with one attached hydrogen (secondary N) is 1. The zero-order valence-electron chi connectivity index (χ0n) is 16.9. The Morgan fingerprint density at radius 2 is 1.66 bits per heavy atom. The van der Waals surface area contributed by atoms with Gasteiger partial charge in [0.2, 0.25) is 10.0 Å². The Balaban J connectivity index is 1.60. The van der Waals surface area contributed by atoms with Gasteiger partial charge in [-0.15, -0.1) is 0 Å². The number of hydrogen-bond acceptors (Lipinski definition) is 4. The molecule has 1 N–H and O–H groups in total. The maximum absolute atomic E-state index is 12.6. The van der Waals surface area contributed by atoms with E-state index in [9.17, 15) is 13.2 Å². The van der Waals surface area contributed by atoms with E-state index in [1.165, 1.54) is 0 Å². The predicted octanol–water partition coefficient (Wildman–Crippen LogP) is 3.50. The van der Waals surface area contributed by atoms with Crippen LogP contribution in [0.15, 0.2) is 48.5 Å². The van der Waals surface area contributed by atoms with E-state index in [0.717, 1.165) is 30.6 Å². The van der Waals surface area contributed by atoms with Gasteiger partial charge in [-0.1, -0.05) is 30.7 Å². The molecule has 6 nitrogen and oxygen atoms in total. The molecule has 0 saturated carbocycles. The van der Waals surface area contributed by atoms with Crippen molar-refractivity contribution in [2.24, 2.45) is 0 Å². The average Bonchev–Trinajstić information content (AvgIpc) is 2.74. The Bertz CT molecular complexity index is 918. The number of carbonyl (C=O) groups is 1. The fourth-order valence-electron chi connectivity index (χ4n) is 3.45. The fourth-order valence-corrected chi connectivity index (χ4v) is 5.06. The average molecular weight is 417 g/mol. The third-order valence-electron chi connectivity index (χ3n) is 5.24. The van der Waals surface area contributed by atoms with Crippen LogP contribution in [0.1, 0.15) is 53.7 Å². The lowest BCUT2D eigenvalue weighted by Gasteiger charge is -2.25. The van der Waals surface area contributed by atoms with Gasteiger partial charge >= 0.3 is 0 Å². The molecule has 0 unspecified atom stereocenters. The number of carbonyl (C=O) groups excluding carboxylic acids is 1. The van der Waals surface area contributed by atoms with Gasteiger partial charge in [0.05, 0.1) is 18.9 Å². The van der Waals surface area contributed by atoms with Gasteiger partial charge < -0.3 is 10.1 Å². The van der Waals surface area contributed by atoms with E-state index in [0.29, 0.717) is 24.2 Å². The number of benzene rings is 2. The number of sulfonamides is 1. The molecule has 2 aromatic carbocycles. The zero-order valence-corrected chi connectivity index (χ0v) is 17.7. The summed E-state index contributed by atoms with van der Waals surface area (Å²) in [5.41, 5.74) is 2.17. The van der Waals surface area contributed by atoms with Crippen LogP contribution in [-0.2, 0) is 15.8 Å². The van der Waals surface area contributed by atoms with E-state index >= 15 is 0 Å². The Morgan fingerprint density at radius 3 is 2.24 bits per heavy atom. The summed E-state index contributed by atoms with van der Waals surface area (Å²) in [6.45, 7) is 3.12. The summed E-state index contributed by atoms with van der Waals surface area (Å²) >= 11 is 0. The second-order valence-electron chi connectivity index (χ2n) is 7.38. The quantitative estimate of drug-likeness (QED) is 0.750. The first kappa shape index (κ1) is 21.3. The first-order chi connectivity index (χ1) is 13.9. The molecule has 0 aliphatic carbocycles. The standard InChI is InChI=1S/C22H28N2O4S/c1-17(19-10-12-21(28-2)13-11-19)23-22(25)20-8-6-18(7-9-20)16-29(26,27)24-14-4-3-5-15-24/h6-13,17H,3-5,14-16H2,1-2H3,(H,23,25)/t17-/m0/s1. The van der Waals surface area contributed by atoms with Gasteiger partial charge in [0.1, 0.15) is 5.75 Å². The van der Waals surface area contributed by atoms with Crippen LogP contribution >= 0.6 is 0 Å². The normalized spacial score (nSPS) is 16.2. The zero-order chi connectivity index (χ0) is 20.9. The van der Waals surface area contributed by atoms with E-state index in [-0.39, 0.29) is 17.7 Å². The van der Waals surface area contributed by atoms with Gasteiger partial charge in [-0.05, 0) is 55.2 Å². The van der Waals surface area contributed by atoms with Crippen molar-refractivity contribution >= 4 is 15.9 Å². The molecule has 1 saturated heterocycles. The number of hydrogen-bond donors (Lipinski definition) is 1. The van der Waals surface area contributed by atoms with Crippen molar-refractivity contribution in [2.45, 2.75) is 38.0 Å². The minimum atomic E-state index is -3.31. The third-order valence-corrected chi connectivity index (χ3v) is 7.09. The number of piperidine rings is 1. The molecule has 0 spiro atoms. The molecule has 1 heterocycles. The maximum Gasteiger partial charge on any atom is 0.251 e. The van der Waals surface area contributed by atoms with Crippen LogP contribution in [0.2, 0.25) is 0 Å². The molecule has 0 aromatic heterocycles. The number of amides is 1. The molecule has 0 radical (unpaired) electrons. The number of rotatable bonds is 7. The topological polar surface area (TPSA) is 75.7 Å². The molecule has 1 atom stereocenters. The molecular formula is C22H28N2O4S. The highest BCUT2D eigenvalue weighted by Crippen LogP contribution is 2.19. The van der Waals surface area contributed by atoms with Crippen molar-refractivity contribution < 1.29 is 17.9 Å². The van der Waals surface area contributed by atoms with Crippen LogP contribution in [0.25, 0.3) is 0 Å². The highest BCUT2D eigenvalue weighted by Gasteiger charge is 2.24. The van der Waals surface area contributed by atoms with Crippen LogP contribution in [0.3, 0.4) is 0 Å². The second-order valence-corrected chi connectivity index (χ2v) is 9.35. The van der Waals surface area contributed by atoms with E-state index in [4.69, 9.17) is 4.74 Å². The van der Waals surface area contributed by atoms with Crippen LogP contribution in [-0.4, -0.2) is 38.8 Å². The summed E-state index contributed by atoms with van der Waals surface area (Å²) in [6, 6.07) is 14.2. The van der Waals surface area contributed by atoms with Gasteiger partial charge in [0, 0.05) is 18.7 Å². The minimum Gasteiger partial charge on any atom is -0.497 e. The fraction of sp³-hybridized carbons (Fsp3) is 0.409. The Kier molecular flexibility index (Phi) is 6.92. The number of nitrogens with zero attached hydrogens (tertiary/aromatic N) is 1. The Hall–Kier alpha value is -2.38. The molecule has 29 heavy (non-hydrogen) atoms. The number of methoxy groups -OCH3 is 1. The smallest absolute Gasteiger partial charge is 0.251 e. The lowest BCUT2D eigenvalue weighted by atomic mass is 10.1. The maximum atomic E-state index is 12.6. The van der Waals surface area contributed by atoms with E-state index in [1.807, 2.05) is 31.2 Å². The SMILES string of the molecule is COc1ccc([C@H](C)NC(=O)c2ccc(CS(=O)(=O)N3CCCCC3)cc2)cc1. The molecule has 1 amide bonds. The first-order valence-electron chi connectivity index (χ1n) is 9.90. The van der Waals surface area contributed by atoms with Crippen molar-refractivity contribution in [3.8, 4) is 5.75 Å². The summed E-state index contributed by atoms with van der Waals surface area (Å²) in [4.78, 5) is 12.5. The van der Waals surface area contributed by atoms with Gasteiger partial charge in [0.15, 0.2) is 0 Å². The summed E-state index contributed by atoms with van der Waals surface area (Å²) in [6.07, 6.45) is 2.93. The molecule has 3 rings (SSSR count). The first-order valence-corrected chi connectivity index (χ1v) is 11.5. The van der Waals surface area contributed by atoms with Gasteiger partial charge in [-0.2, -0.15) is 0 Å². The molecular weight excluding hydrogens is 388 g/mol. The molecule has 156 valence electrons. The highest BCUT2D eigenvalue weighted by molar-refractivity contribution is 7.88. The van der Waals surface area contributed by atoms with E-state index in [2.05, 4.69) is 5.32 Å². The monoisotopic (exact) mass is 416 g/mol. The molecule has 0 bridgehead atoms. The minimum absolute atomic E-state index is 0.0306. The Labute approximate surface area is 172 Å². The van der Waals surface area contributed by atoms with Crippen molar-refractivity contribution in [1.82, 2.24) is 9.62 Å². The molecule has 2 aromatic rings. The second kappa shape index (κ2) is 9.41. The summed E-state index contributed by atoms with van der Waals surface area (Å²) < 4.78 is 31.8. The van der Waals surface area contributed by atoms with Gasteiger partial charge in [-0.3, -0.25) is 4.79 Å². The molecule has 1 aliphatic heterocycles. The Morgan fingerprint density at radius 1 is 1.03 bits per heavy atom. The van der Waals surface area contributed by atoms with Crippen molar-refractivity contribution in [3.05, 3.63) is 65.2 Å². The summed E-state index contributed by atoms with van der Waals surface area (Å²) in [5.74, 6) is 0.540. The molecule has 7 heteroatoms. The van der Waals surface area contributed by atoms with Crippen LogP contribution in [0.5, 0.6) is 5.75 Å².